The first kappa shape index (κ1) is 9.70. The number of rotatable bonds is 4. The summed E-state index contributed by atoms with van der Waals surface area (Å²) in [6.45, 7) is 6.94. The molecular weight excluding hydrogens is 192 g/mol. The van der Waals surface area contributed by atoms with Gasteiger partial charge in [-0.15, -0.1) is 15.3 Å². The second-order valence-electron chi connectivity index (χ2n) is 2.71. The van der Waals surface area contributed by atoms with Crippen molar-refractivity contribution in [1.29, 1.82) is 0 Å². The second kappa shape index (κ2) is 5.48. The van der Waals surface area contributed by atoms with Crippen molar-refractivity contribution in [2.24, 2.45) is 5.92 Å². The number of hydrogen-bond donors (Lipinski definition) is 0. The highest BCUT2D eigenvalue weighted by Gasteiger charge is 2.11. The maximum atomic E-state index is 3.66. The van der Waals surface area contributed by atoms with E-state index in [2.05, 4.69) is 36.1 Å². The van der Waals surface area contributed by atoms with Gasteiger partial charge in [0.25, 0.3) is 0 Å². The molecule has 56 valence electrons. The van der Waals surface area contributed by atoms with E-state index in [1.54, 1.807) is 0 Å². The zero-order valence-corrected chi connectivity index (χ0v) is 9.65. The average Bonchev–Trinajstić information content (AvgIpc) is 1.90. The van der Waals surface area contributed by atoms with Gasteiger partial charge in [-0.05, 0) is 11.5 Å². The van der Waals surface area contributed by atoms with Crippen LogP contribution in [-0.2, 0) is 0 Å². The highest BCUT2D eigenvalue weighted by molar-refractivity contribution is 9.23. The predicted molar refractivity (Wildman–Crippen MR) is 51.0 cm³/mol. The molecule has 0 aliphatic rings. The van der Waals surface area contributed by atoms with E-state index in [1.165, 1.54) is 12.8 Å². The number of hydrogen-bond acceptors (Lipinski definition) is 0. The van der Waals surface area contributed by atoms with Crippen molar-refractivity contribution in [2.45, 2.75) is 39.2 Å². The molecular formula is C7H17BrSi. The lowest BCUT2D eigenvalue weighted by atomic mass is 10.0. The molecule has 2 atom stereocenters. The molecule has 0 rings (SSSR count). The standard InChI is InChI=1S/C7H17BrSi/c1-4-6(3)7(5-2)9-8/h6-7H,4-5,9H2,1-3H3. The number of halogens is 1. The maximum Gasteiger partial charge on any atom is 0.102 e. The van der Waals surface area contributed by atoms with E-state index < -0.39 is 0 Å². The van der Waals surface area contributed by atoms with E-state index >= 15 is 0 Å². The Hall–Kier alpha value is 0.697. The Kier molecular flexibility index (Phi) is 5.90. The van der Waals surface area contributed by atoms with Gasteiger partial charge in [-0.25, -0.2) is 0 Å². The highest BCUT2D eigenvalue weighted by Crippen LogP contribution is 2.24. The largest absolute Gasteiger partial charge is 0.135 e. The van der Waals surface area contributed by atoms with Crippen molar-refractivity contribution in [3.8, 4) is 0 Å². The molecule has 0 fully saturated rings. The summed E-state index contributed by atoms with van der Waals surface area (Å²) in [7, 11) is 0.0820. The fourth-order valence-electron chi connectivity index (χ4n) is 0.997. The Bertz CT molecular complexity index is 61.9. The summed E-state index contributed by atoms with van der Waals surface area (Å²) in [5, 5.41) is 0. The fraction of sp³-hybridized carbons (Fsp3) is 1.00. The van der Waals surface area contributed by atoms with Crippen LogP contribution in [0.25, 0.3) is 0 Å². The molecule has 2 unspecified atom stereocenters. The Morgan fingerprint density at radius 3 is 2.00 bits per heavy atom. The highest BCUT2D eigenvalue weighted by atomic mass is 79.9. The van der Waals surface area contributed by atoms with Crippen molar-refractivity contribution < 1.29 is 0 Å². The minimum atomic E-state index is 0.0820. The Balaban J connectivity index is 3.50. The molecule has 0 saturated heterocycles. The third-order valence-electron chi connectivity index (χ3n) is 2.17. The van der Waals surface area contributed by atoms with Crippen LogP contribution < -0.4 is 0 Å². The zero-order chi connectivity index (χ0) is 7.28. The van der Waals surface area contributed by atoms with Crippen LogP contribution >= 0.6 is 15.3 Å². The third-order valence-corrected chi connectivity index (χ3v) is 6.44. The van der Waals surface area contributed by atoms with Gasteiger partial charge in [-0.3, -0.25) is 0 Å². The summed E-state index contributed by atoms with van der Waals surface area (Å²) in [5.41, 5.74) is 1.02. The third kappa shape index (κ3) is 3.41. The van der Waals surface area contributed by atoms with E-state index in [9.17, 15) is 0 Å². The van der Waals surface area contributed by atoms with E-state index in [0.29, 0.717) is 0 Å². The Morgan fingerprint density at radius 1 is 1.33 bits per heavy atom. The summed E-state index contributed by atoms with van der Waals surface area (Å²) in [5.74, 6) is 0.945. The second-order valence-corrected chi connectivity index (χ2v) is 6.01. The molecule has 0 heterocycles. The van der Waals surface area contributed by atoms with Gasteiger partial charge in [0, 0.05) is 0 Å². The van der Waals surface area contributed by atoms with Crippen LogP contribution in [0.5, 0.6) is 0 Å². The molecule has 0 aromatic rings. The van der Waals surface area contributed by atoms with E-state index in [1.807, 2.05) is 0 Å². The van der Waals surface area contributed by atoms with Gasteiger partial charge in [0.15, 0.2) is 0 Å². The quantitative estimate of drug-likeness (QED) is 0.493. The summed E-state index contributed by atoms with van der Waals surface area (Å²) < 4.78 is 0. The molecule has 0 nitrogen and oxygen atoms in total. The van der Waals surface area contributed by atoms with Crippen LogP contribution in [0.2, 0.25) is 5.54 Å². The molecule has 0 spiro atoms. The first-order valence-electron chi connectivity index (χ1n) is 3.82. The zero-order valence-electron chi connectivity index (χ0n) is 6.65. The van der Waals surface area contributed by atoms with Gasteiger partial charge >= 0.3 is 0 Å². The molecule has 0 saturated carbocycles. The Morgan fingerprint density at radius 2 is 1.89 bits per heavy atom. The van der Waals surface area contributed by atoms with Crippen molar-refractivity contribution in [3.63, 3.8) is 0 Å². The normalized spacial score (nSPS) is 18.7. The summed E-state index contributed by atoms with van der Waals surface area (Å²) in [6.07, 6.45) is 2.71. The molecule has 0 aromatic carbocycles. The van der Waals surface area contributed by atoms with Crippen LogP contribution in [0.15, 0.2) is 0 Å². The fourth-order valence-corrected chi connectivity index (χ4v) is 5.14. The van der Waals surface area contributed by atoms with Gasteiger partial charge in [-0.2, -0.15) is 0 Å². The van der Waals surface area contributed by atoms with Crippen molar-refractivity contribution >= 4 is 23.4 Å². The van der Waals surface area contributed by atoms with Gasteiger partial charge in [0.2, 0.25) is 0 Å². The molecule has 9 heavy (non-hydrogen) atoms. The molecule has 0 bridgehead atoms. The van der Waals surface area contributed by atoms with Crippen LogP contribution in [0.3, 0.4) is 0 Å². The van der Waals surface area contributed by atoms with Gasteiger partial charge < -0.3 is 0 Å². The minimum Gasteiger partial charge on any atom is -0.135 e. The SMILES string of the molecule is CCC(C)C(CC)[SiH2]Br. The van der Waals surface area contributed by atoms with E-state index in [-0.39, 0.29) is 8.14 Å². The minimum absolute atomic E-state index is 0.0820. The summed E-state index contributed by atoms with van der Waals surface area (Å²) >= 11 is 3.66. The lowest BCUT2D eigenvalue weighted by molar-refractivity contribution is 0.508. The monoisotopic (exact) mass is 208 g/mol. The van der Waals surface area contributed by atoms with Crippen LogP contribution in [0, 0.1) is 5.92 Å². The topological polar surface area (TPSA) is 0 Å². The maximum absolute atomic E-state index is 3.66. The molecule has 0 radical (unpaired) electrons. The summed E-state index contributed by atoms with van der Waals surface area (Å²) in [6, 6.07) is 0. The molecule has 0 aromatic heterocycles. The predicted octanol–water partition coefficient (Wildman–Crippen LogP) is 2.71. The van der Waals surface area contributed by atoms with Crippen LogP contribution in [0.4, 0.5) is 0 Å². The Labute approximate surface area is 68.8 Å². The molecule has 2 heteroatoms. The smallest absolute Gasteiger partial charge is 0.102 e. The van der Waals surface area contributed by atoms with Crippen molar-refractivity contribution in [3.05, 3.63) is 0 Å². The van der Waals surface area contributed by atoms with Crippen LogP contribution in [-0.4, -0.2) is 8.14 Å². The van der Waals surface area contributed by atoms with Gasteiger partial charge in [-0.1, -0.05) is 33.6 Å². The van der Waals surface area contributed by atoms with Gasteiger partial charge in [0.1, 0.15) is 8.14 Å². The average molecular weight is 209 g/mol. The lowest BCUT2D eigenvalue weighted by Crippen LogP contribution is -2.06. The lowest BCUT2D eigenvalue weighted by Gasteiger charge is -2.17. The van der Waals surface area contributed by atoms with Gasteiger partial charge in [0.05, 0.1) is 0 Å². The van der Waals surface area contributed by atoms with E-state index in [0.717, 1.165) is 11.5 Å². The summed E-state index contributed by atoms with van der Waals surface area (Å²) in [4.78, 5) is 0. The molecule has 0 aliphatic heterocycles. The van der Waals surface area contributed by atoms with E-state index in [4.69, 9.17) is 0 Å². The first-order valence-corrected chi connectivity index (χ1v) is 8.53. The molecule has 0 N–H and O–H groups in total. The molecule has 0 amide bonds. The first-order chi connectivity index (χ1) is 4.26. The van der Waals surface area contributed by atoms with Crippen molar-refractivity contribution in [2.75, 3.05) is 0 Å². The van der Waals surface area contributed by atoms with Crippen molar-refractivity contribution in [1.82, 2.24) is 0 Å². The van der Waals surface area contributed by atoms with Crippen LogP contribution in [0.1, 0.15) is 33.6 Å². The molecule has 0 aliphatic carbocycles.